The summed E-state index contributed by atoms with van der Waals surface area (Å²) >= 11 is 6.40. The molecule has 2 aliphatic rings. The summed E-state index contributed by atoms with van der Waals surface area (Å²) in [6, 6.07) is 6.72. The Morgan fingerprint density at radius 3 is 3.03 bits per heavy atom. The predicted octanol–water partition coefficient (Wildman–Crippen LogP) is 2.91. The van der Waals surface area contributed by atoms with Crippen LogP contribution in [0.15, 0.2) is 39.8 Å². The number of urea groups is 1. The van der Waals surface area contributed by atoms with Crippen molar-refractivity contribution in [1.82, 2.24) is 25.5 Å². The summed E-state index contributed by atoms with van der Waals surface area (Å²) in [7, 11) is 0. The van der Waals surface area contributed by atoms with Crippen molar-refractivity contribution < 1.29 is 18.4 Å². The zero-order valence-corrected chi connectivity index (χ0v) is 17.6. The van der Waals surface area contributed by atoms with Gasteiger partial charge in [0.1, 0.15) is 17.4 Å². The fraction of sp³-hybridized carbons (Fsp3) is 0.190. The van der Waals surface area contributed by atoms with Crippen LogP contribution < -0.4 is 10.9 Å². The van der Waals surface area contributed by atoms with E-state index in [4.69, 9.17) is 11.6 Å². The van der Waals surface area contributed by atoms with Crippen LogP contribution in [0, 0.1) is 5.82 Å². The van der Waals surface area contributed by atoms with E-state index in [1.165, 1.54) is 18.2 Å². The Hall–Kier alpha value is -3.99. The molecule has 1 aromatic carbocycles. The number of pyridine rings is 1. The normalized spacial score (nSPS) is 16.8. The third-order valence-electron chi connectivity index (χ3n) is 5.90. The number of hydrogen-bond acceptors (Lipinski definition) is 7. The first-order valence-electron chi connectivity index (χ1n) is 10.1. The van der Waals surface area contributed by atoms with Gasteiger partial charge in [-0.1, -0.05) is 11.6 Å². The monoisotopic (exact) mass is 466 g/mol. The highest BCUT2D eigenvalue weighted by atomic mass is 35.5. The van der Waals surface area contributed by atoms with Gasteiger partial charge in [-0.3, -0.25) is 4.79 Å². The summed E-state index contributed by atoms with van der Waals surface area (Å²) < 4.78 is 21.2. The van der Waals surface area contributed by atoms with Gasteiger partial charge < -0.3 is 0 Å². The number of anilines is 1. The van der Waals surface area contributed by atoms with Crippen LogP contribution in [0.3, 0.4) is 0 Å². The van der Waals surface area contributed by atoms with E-state index in [9.17, 15) is 14.0 Å². The Morgan fingerprint density at radius 1 is 1.27 bits per heavy atom. The molecule has 0 fully saturated rings. The van der Waals surface area contributed by atoms with Gasteiger partial charge in [0.2, 0.25) is 5.65 Å². The van der Waals surface area contributed by atoms with Crippen molar-refractivity contribution in [1.29, 1.82) is 0 Å². The van der Waals surface area contributed by atoms with Crippen LogP contribution in [0.4, 0.5) is 14.9 Å². The lowest BCUT2D eigenvalue weighted by molar-refractivity contribution is -0.460. The molecule has 0 saturated heterocycles. The molecule has 10 nitrogen and oxygen atoms in total. The van der Waals surface area contributed by atoms with E-state index in [-0.39, 0.29) is 28.0 Å². The maximum atomic E-state index is 15.0. The van der Waals surface area contributed by atoms with Crippen LogP contribution in [0.25, 0.3) is 22.4 Å². The number of aromatic amines is 1. The van der Waals surface area contributed by atoms with Crippen LogP contribution in [-0.4, -0.2) is 47.9 Å². The summed E-state index contributed by atoms with van der Waals surface area (Å²) in [5.41, 5.74) is 3.24. The molecule has 0 aliphatic carbocycles. The lowest BCUT2D eigenvalue weighted by Crippen LogP contribution is -2.40. The standard InChI is InChI=1S/C21H13ClFN7O3/c22-12-8-16(13(23)7-11(12)14-2-3-15-20(24-14)29-33-28-15)25-21(32)30-10-1-4-17(30)19-9(5-10)6-18(31)26-27-19/h2-3,6-8,10H,1,4-5H2,(H,24,25,29,32)/p+1/t10-/m0/s1. The van der Waals surface area contributed by atoms with Crippen LogP contribution in [-0.2, 0) is 6.42 Å². The van der Waals surface area contributed by atoms with Crippen molar-refractivity contribution in [2.24, 2.45) is 0 Å². The van der Waals surface area contributed by atoms with E-state index < -0.39 is 11.8 Å². The molecule has 0 radical (unpaired) electrons. The summed E-state index contributed by atoms with van der Waals surface area (Å²) in [4.78, 5) is 29.0. The molecular formula is C21H14ClFN7O3+. The molecule has 0 saturated carbocycles. The molecule has 2 amide bonds. The zero-order chi connectivity index (χ0) is 22.7. The lowest BCUT2D eigenvalue weighted by Gasteiger charge is -2.18. The Bertz CT molecular complexity index is 1560. The van der Waals surface area contributed by atoms with Gasteiger partial charge in [-0.15, -0.1) is 0 Å². The average molecular weight is 467 g/mol. The van der Waals surface area contributed by atoms with Crippen molar-refractivity contribution in [2.45, 2.75) is 25.3 Å². The number of rotatable bonds is 2. The van der Waals surface area contributed by atoms with Gasteiger partial charge in [-0.05, 0) is 40.5 Å². The van der Waals surface area contributed by atoms with Gasteiger partial charge in [0.05, 0.1) is 10.7 Å². The molecule has 3 aromatic heterocycles. The first-order valence-corrected chi connectivity index (χ1v) is 10.5. The van der Waals surface area contributed by atoms with Crippen molar-refractivity contribution >= 4 is 40.2 Å². The second-order valence-corrected chi connectivity index (χ2v) is 8.27. The molecule has 12 heteroatoms. The molecule has 4 aromatic rings. The molecule has 1 atom stereocenters. The Balaban J connectivity index is 1.33. The van der Waals surface area contributed by atoms with Crippen molar-refractivity contribution in [3.63, 3.8) is 0 Å². The zero-order valence-electron chi connectivity index (χ0n) is 16.8. The van der Waals surface area contributed by atoms with E-state index in [0.717, 1.165) is 12.0 Å². The first kappa shape index (κ1) is 19.7. The number of fused-ring (bicyclic) bond motifs is 4. The van der Waals surface area contributed by atoms with E-state index in [0.29, 0.717) is 41.0 Å². The van der Waals surface area contributed by atoms with Gasteiger partial charge in [-0.2, -0.15) is 14.5 Å². The fourth-order valence-corrected chi connectivity index (χ4v) is 4.70. The van der Waals surface area contributed by atoms with Gasteiger partial charge in [-0.25, -0.2) is 24.4 Å². The summed E-state index contributed by atoms with van der Waals surface area (Å²) in [6.45, 7) is 0. The molecule has 2 aliphatic heterocycles. The van der Waals surface area contributed by atoms with Crippen molar-refractivity contribution in [3.05, 3.63) is 62.8 Å². The number of carbonyl (C=O) groups is 1. The summed E-state index contributed by atoms with van der Waals surface area (Å²) in [6.07, 6.45) is 1.88. The maximum absolute atomic E-state index is 15.0. The SMILES string of the molecule is O=C(Nc1cc(Cl)c(-c2ccc3nonc3n2)cc1F)[N+]1=C2CC[C@H]1Cc1cc(=O)[nH]nc12. The Kier molecular flexibility index (Phi) is 4.34. The maximum Gasteiger partial charge on any atom is 0.496 e. The number of carbonyl (C=O) groups excluding carboxylic acids is 1. The lowest BCUT2D eigenvalue weighted by atomic mass is 10.0. The van der Waals surface area contributed by atoms with Crippen LogP contribution in [0.5, 0.6) is 0 Å². The summed E-state index contributed by atoms with van der Waals surface area (Å²) in [5, 5.41) is 16.7. The van der Waals surface area contributed by atoms with E-state index >= 15 is 0 Å². The highest BCUT2D eigenvalue weighted by molar-refractivity contribution is 6.33. The molecule has 33 heavy (non-hydrogen) atoms. The minimum atomic E-state index is -0.667. The predicted molar refractivity (Wildman–Crippen MR) is 115 cm³/mol. The van der Waals surface area contributed by atoms with Gasteiger partial charge in [0.15, 0.2) is 17.0 Å². The van der Waals surface area contributed by atoms with Gasteiger partial charge in [0, 0.05) is 30.5 Å². The topological polar surface area (TPSA) is 130 Å². The third kappa shape index (κ3) is 3.20. The number of benzene rings is 1. The van der Waals surface area contributed by atoms with Gasteiger partial charge >= 0.3 is 6.03 Å². The molecular weight excluding hydrogens is 453 g/mol. The Labute approximate surface area is 189 Å². The number of nitrogens with zero attached hydrogens (tertiary/aromatic N) is 5. The van der Waals surface area contributed by atoms with E-state index in [1.54, 1.807) is 16.7 Å². The highest BCUT2D eigenvalue weighted by Crippen LogP contribution is 2.33. The van der Waals surface area contributed by atoms with E-state index in [2.05, 4.69) is 35.4 Å². The molecule has 2 bridgehead atoms. The Morgan fingerprint density at radius 2 is 2.15 bits per heavy atom. The molecule has 5 heterocycles. The first-order chi connectivity index (χ1) is 16.0. The van der Waals surface area contributed by atoms with Crippen LogP contribution >= 0.6 is 11.6 Å². The van der Waals surface area contributed by atoms with Crippen molar-refractivity contribution in [3.8, 4) is 11.3 Å². The molecule has 6 rings (SSSR count). The number of H-pyrrole nitrogens is 1. The van der Waals surface area contributed by atoms with Gasteiger partial charge in [0.25, 0.3) is 5.56 Å². The van der Waals surface area contributed by atoms with Crippen molar-refractivity contribution in [2.75, 3.05) is 5.32 Å². The number of halogens is 2. The average Bonchev–Trinajstić information content (AvgIpc) is 3.39. The second kappa shape index (κ2) is 7.27. The summed E-state index contributed by atoms with van der Waals surface area (Å²) in [5.74, 6) is -0.667. The van der Waals surface area contributed by atoms with Crippen LogP contribution in [0.1, 0.15) is 24.1 Å². The number of aromatic nitrogens is 5. The highest BCUT2D eigenvalue weighted by Gasteiger charge is 2.42. The minimum Gasteiger partial charge on any atom is -0.268 e. The number of amides is 2. The third-order valence-corrected chi connectivity index (χ3v) is 6.21. The smallest absolute Gasteiger partial charge is 0.268 e. The quantitative estimate of drug-likeness (QED) is 0.434. The number of nitrogens with one attached hydrogen (secondary N) is 2. The van der Waals surface area contributed by atoms with Crippen LogP contribution in [0.2, 0.25) is 5.02 Å². The molecule has 2 N–H and O–H groups in total. The second-order valence-electron chi connectivity index (χ2n) is 7.86. The molecule has 0 unspecified atom stereocenters. The minimum absolute atomic E-state index is 0.0573. The van der Waals surface area contributed by atoms with E-state index in [1.807, 2.05) is 0 Å². The molecule has 164 valence electrons. The fourth-order valence-electron chi connectivity index (χ4n) is 4.44. The largest absolute Gasteiger partial charge is 0.496 e. The number of hydrogen-bond donors (Lipinski definition) is 2. The molecule has 0 spiro atoms.